The van der Waals surface area contributed by atoms with Gasteiger partial charge in [0.1, 0.15) is 0 Å². The Morgan fingerprint density at radius 2 is 2.03 bits per heavy atom. The van der Waals surface area contributed by atoms with E-state index in [2.05, 4.69) is 27.1 Å². The highest BCUT2D eigenvalue weighted by atomic mass is 32.2. The Balaban J connectivity index is 1.43. The van der Waals surface area contributed by atoms with Crippen molar-refractivity contribution in [2.75, 3.05) is 44.4 Å². The second kappa shape index (κ2) is 12.5. The Morgan fingerprint density at radius 3 is 2.71 bits per heavy atom. The number of methoxy groups -OCH3 is 1. The Labute approximate surface area is 207 Å². The zero-order valence-corrected chi connectivity index (χ0v) is 21.9. The van der Waals surface area contributed by atoms with Crippen LogP contribution in [0.3, 0.4) is 0 Å². The lowest BCUT2D eigenvalue weighted by Gasteiger charge is -2.32. The Bertz CT molecular complexity index is 973. The molecule has 8 nitrogen and oxygen atoms in total. The van der Waals surface area contributed by atoms with Gasteiger partial charge in [-0.25, -0.2) is 13.1 Å². The first-order valence-corrected chi connectivity index (χ1v) is 14.4. The summed E-state index contributed by atoms with van der Waals surface area (Å²) in [5, 5.41) is 12.9. The molecule has 0 aliphatic carbocycles. The van der Waals surface area contributed by atoms with Crippen LogP contribution >= 0.6 is 11.8 Å². The van der Waals surface area contributed by atoms with Gasteiger partial charge in [-0.2, -0.15) is 0 Å². The standard InChI is InChI=1S/C24H37N3O5S2/c1-17(2)23(28)26-20-7-4-6-19(16-20)18-8-13-27(14-9-18)12-5-11-25-34(30,31)21-10-15-33-22(21)24(29)32-3/h4,6-7,16-18,24-25,29H,5,8-15H2,1-3H3,(H,26,28). The SMILES string of the molecule is COC(O)C1=C(S(=O)(=O)NCCCN2CCC(c3cccc(NC(=O)C(C)C)c3)CC2)CCS1. The number of carbonyl (C=O) groups is 1. The lowest BCUT2D eigenvalue weighted by atomic mass is 9.89. The van der Waals surface area contributed by atoms with E-state index >= 15 is 0 Å². The molecule has 1 saturated heterocycles. The summed E-state index contributed by atoms with van der Waals surface area (Å²) in [6, 6.07) is 8.14. The number of likely N-dealkylation sites (tertiary alicyclic amines) is 1. The molecule has 0 spiro atoms. The molecule has 0 aromatic heterocycles. The van der Waals surface area contributed by atoms with E-state index in [1.165, 1.54) is 24.4 Å². The highest BCUT2D eigenvalue weighted by Crippen LogP contribution is 2.36. The van der Waals surface area contributed by atoms with Crippen LogP contribution in [0.2, 0.25) is 0 Å². The third-order valence-corrected chi connectivity index (χ3v) is 9.27. The zero-order valence-electron chi connectivity index (χ0n) is 20.2. The van der Waals surface area contributed by atoms with E-state index in [0.717, 1.165) is 44.6 Å². The molecule has 2 aliphatic heterocycles. The summed E-state index contributed by atoms with van der Waals surface area (Å²) in [5.74, 6) is 1.07. The molecule has 3 N–H and O–H groups in total. The summed E-state index contributed by atoms with van der Waals surface area (Å²) in [6.45, 7) is 6.89. The number of aliphatic hydroxyl groups is 1. The fourth-order valence-corrected chi connectivity index (χ4v) is 7.27. The van der Waals surface area contributed by atoms with Crippen LogP contribution in [-0.4, -0.2) is 69.7 Å². The predicted molar refractivity (Wildman–Crippen MR) is 137 cm³/mol. The van der Waals surface area contributed by atoms with Crippen molar-refractivity contribution in [3.05, 3.63) is 39.6 Å². The molecule has 1 unspecified atom stereocenters. The summed E-state index contributed by atoms with van der Waals surface area (Å²) < 4.78 is 32.9. The number of rotatable bonds is 11. The summed E-state index contributed by atoms with van der Waals surface area (Å²) in [6.07, 6.45) is 2.02. The minimum Gasteiger partial charge on any atom is -0.364 e. The normalized spacial score (nSPS) is 19.1. The fourth-order valence-electron chi connectivity index (χ4n) is 4.28. The van der Waals surface area contributed by atoms with E-state index in [9.17, 15) is 18.3 Å². The van der Waals surface area contributed by atoms with Gasteiger partial charge in [0.15, 0.2) is 6.29 Å². The number of anilines is 1. The van der Waals surface area contributed by atoms with Crippen molar-refractivity contribution < 1.29 is 23.1 Å². The summed E-state index contributed by atoms with van der Waals surface area (Å²) in [4.78, 5) is 15.0. The highest BCUT2D eigenvalue weighted by molar-refractivity contribution is 8.05. The molecule has 2 heterocycles. The van der Waals surface area contributed by atoms with Gasteiger partial charge in [-0.05, 0) is 68.9 Å². The molecule has 0 saturated carbocycles. The van der Waals surface area contributed by atoms with Crippen LogP contribution in [0.1, 0.15) is 51.0 Å². The fraction of sp³-hybridized carbons (Fsp3) is 0.625. The van der Waals surface area contributed by atoms with Gasteiger partial charge < -0.3 is 20.1 Å². The van der Waals surface area contributed by atoms with Crippen molar-refractivity contribution in [1.29, 1.82) is 0 Å². The average molecular weight is 512 g/mol. The zero-order chi connectivity index (χ0) is 24.7. The number of amides is 1. The van der Waals surface area contributed by atoms with E-state index in [1.54, 1.807) is 0 Å². The number of hydrogen-bond acceptors (Lipinski definition) is 7. The maximum atomic E-state index is 12.7. The molecule has 1 amide bonds. The number of aliphatic hydroxyl groups excluding tert-OH is 1. The second-order valence-corrected chi connectivity index (χ2v) is 12.0. The van der Waals surface area contributed by atoms with E-state index in [-0.39, 0.29) is 16.7 Å². The molecule has 1 aromatic rings. The van der Waals surface area contributed by atoms with Crippen molar-refractivity contribution in [2.45, 2.75) is 51.7 Å². The van der Waals surface area contributed by atoms with Gasteiger partial charge in [0.25, 0.3) is 0 Å². The van der Waals surface area contributed by atoms with Crippen LogP contribution in [0.25, 0.3) is 0 Å². The first-order chi connectivity index (χ1) is 16.2. The van der Waals surface area contributed by atoms with E-state index < -0.39 is 16.3 Å². The number of carbonyl (C=O) groups excluding carboxylic acids is 1. The van der Waals surface area contributed by atoms with E-state index in [4.69, 9.17) is 4.74 Å². The van der Waals surface area contributed by atoms with Gasteiger partial charge in [0, 0.05) is 31.0 Å². The maximum Gasteiger partial charge on any atom is 0.237 e. The highest BCUT2D eigenvalue weighted by Gasteiger charge is 2.30. The van der Waals surface area contributed by atoms with Crippen LogP contribution in [0, 0.1) is 5.92 Å². The number of thioether (sulfide) groups is 1. The van der Waals surface area contributed by atoms with Crippen molar-refractivity contribution in [2.24, 2.45) is 5.92 Å². The Morgan fingerprint density at radius 1 is 1.29 bits per heavy atom. The molecule has 10 heteroatoms. The Hall–Kier alpha value is -1.43. The molecule has 190 valence electrons. The number of hydrogen-bond donors (Lipinski definition) is 3. The van der Waals surface area contributed by atoms with Gasteiger partial charge in [0.2, 0.25) is 15.9 Å². The van der Waals surface area contributed by atoms with Crippen LogP contribution in [0.4, 0.5) is 5.69 Å². The van der Waals surface area contributed by atoms with Crippen LogP contribution < -0.4 is 10.0 Å². The third-order valence-electron chi connectivity index (χ3n) is 6.31. The second-order valence-electron chi connectivity index (χ2n) is 9.11. The molecule has 1 aromatic carbocycles. The molecule has 2 aliphatic rings. The monoisotopic (exact) mass is 511 g/mol. The number of sulfonamides is 1. The number of piperidine rings is 1. The van der Waals surface area contributed by atoms with Crippen molar-refractivity contribution in [1.82, 2.24) is 9.62 Å². The summed E-state index contributed by atoms with van der Waals surface area (Å²) >= 11 is 1.33. The number of nitrogens with one attached hydrogen (secondary N) is 2. The largest absolute Gasteiger partial charge is 0.364 e. The summed E-state index contributed by atoms with van der Waals surface area (Å²) in [7, 11) is -2.25. The topological polar surface area (TPSA) is 108 Å². The summed E-state index contributed by atoms with van der Waals surface area (Å²) in [5.41, 5.74) is 2.11. The first-order valence-electron chi connectivity index (χ1n) is 11.9. The van der Waals surface area contributed by atoms with E-state index in [1.807, 2.05) is 26.0 Å². The molecule has 34 heavy (non-hydrogen) atoms. The van der Waals surface area contributed by atoms with Gasteiger partial charge in [-0.15, -0.1) is 11.8 Å². The lowest BCUT2D eigenvalue weighted by Crippen LogP contribution is -2.35. The predicted octanol–water partition coefficient (Wildman–Crippen LogP) is 3.08. The van der Waals surface area contributed by atoms with Crippen LogP contribution in [-0.2, 0) is 19.6 Å². The van der Waals surface area contributed by atoms with Gasteiger partial charge >= 0.3 is 0 Å². The maximum absolute atomic E-state index is 12.7. The molecule has 1 fully saturated rings. The molecule has 3 rings (SSSR count). The average Bonchev–Trinajstić information content (AvgIpc) is 3.33. The van der Waals surface area contributed by atoms with E-state index in [0.29, 0.717) is 29.5 Å². The molecule has 0 radical (unpaired) electrons. The molecule has 0 bridgehead atoms. The minimum atomic E-state index is -3.61. The van der Waals surface area contributed by atoms with Crippen molar-refractivity contribution in [3.8, 4) is 0 Å². The van der Waals surface area contributed by atoms with Gasteiger partial charge in [-0.1, -0.05) is 26.0 Å². The molecular weight excluding hydrogens is 474 g/mol. The van der Waals surface area contributed by atoms with Crippen LogP contribution in [0.15, 0.2) is 34.1 Å². The van der Waals surface area contributed by atoms with Crippen molar-refractivity contribution >= 4 is 33.4 Å². The number of allylic oxidation sites excluding steroid dienone is 1. The molecular formula is C24H37N3O5S2. The minimum absolute atomic E-state index is 0.0247. The first kappa shape index (κ1) is 27.2. The quantitative estimate of drug-likeness (QED) is 0.310. The lowest BCUT2D eigenvalue weighted by molar-refractivity contribution is -0.118. The van der Waals surface area contributed by atoms with Crippen molar-refractivity contribution in [3.63, 3.8) is 0 Å². The smallest absolute Gasteiger partial charge is 0.237 e. The Kier molecular flexibility index (Phi) is 9.99. The number of benzene rings is 1. The van der Waals surface area contributed by atoms with Gasteiger partial charge in [0.05, 0.1) is 9.81 Å². The molecule has 1 atom stereocenters. The number of nitrogens with zero attached hydrogens (tertiary/aromatic N) is 1. The number of ether oxygens (including phenoxy) is 1. The van der Waals surface area contributed by atoms with Gasteiger partial charge in [-0.3, -0.25) is 4.79 Å². The third kappa shape index (κ3) is 7.29. The van der Waals surface area contributed by atoms with Crippen LogP contribution in [0.5, 0.6) is 0 Å².